The fourth-order valence-corrected chi connectivity index (χ4v) is 4.65. The number of nitriles is 1. The fraction of sp³-hybridized carbons (Fsp3) is 0.464. The number of aromatic nitrogens is 3. The predicted octanol–water partition coefficient (Wildman–Crippen LogP) is 2.82. The molecule has 1 atom stereocenters. The highest BCUT2D eigenvalue weighted by Gasteiger charge is 2.34. The van der Waals surface area contributed by atoms with Crippen LogP contribution >= 0.6 is 0 Å². The summed E-state index contributed by atoms with van der Waals surface area (Å²) in [5.41, 5.74) is 1.65. The maximum Gasteiger partial charge on any atom is 0.255 e. The molecule has 0 aliphatic heterocycles. The van der Waals surface area contributed by atoms with Crippen LogP contribution in [0.2, 0.25) is 0 Å². The first-order valence-electron chi connectivity index (χ1n) is 13.2. The Hall–Kier alpha value is -4.04. The van der Waals surface area contributed by atoms with Gasteiger partial charge in [0.05, 0.1) is 52.1 Å². The molecule has 0 bridgehead atoms. The van der Waals surface area contributed by atoms with Crippen molar-refractivity contribution in [3.8, 4) is 17.5 Å². The molecule has 2 amide bonds. The van der Waals surface area contributed by atoms with Gasteiger partial charge in [0, 0.05) is 24.7 Å². The zero-order valence-corrected chi connectivity index (χ0v) is 21.9. The third-order valence-electron chi connectivity index (χ3n) is 7.36. The number of fused-ring (bicyclic) bond motifs is 1. The summed E-state index contributed by atoms with van der Waals surface area (Å²) in [5, 5.41) is 32.4. The summed E-state index contributed by atoms with van der Waals surface area (Å²) in [6, 6.07) is 9.34. The van der Waals surface area contributed by atoms with E-state index in [-0.39, 0.29) is 30.0 Å². The molecule has 0 unspecified atom stereocenters. The van der Waals surface area contributed by atoms with Crippen molar-refractivity contribution in [2.24, 2.45) is 11.8 Å². The minimum atomic E-state index is -1.64. The first-order chi connectivity index (χ1) is 18.6. The van der Waals surface area contributed by atoms with Gasteiger partial charge in [0.25, 0.3) is 5.91 Å². The number of pyridine rings is 1. The molecule has 2 aliphatic carbocycles. The van der Waals surface area contributed by atoms with E-state index in [4.69, 9.17) is 5.26 Å². The lowest BCUT2D eigenvalue weighted by Crippen LogP contribution is -2.43. The number of hydrogen-bond donors (Lipinski definition) is 4. The molecule has 204 valence electrons. The standard InChI is InChI=1S/C28H32FN7O3/c1-28(2,39)25(29)15-33-27(38)21-14-31-23(24-6-5-20-9-17(11-30)13-34-36(20)24)10-22(21)35-19-7-16(8-19)12-32-26(37)18-3-4-18/h5-6,9-10,13-14,16,18-19,25,39H,3-4,7-8,12,15H2,1-2H3,(H,31,35)(H,32,37)(H,33,38)/t16?,19?,25-/m1/s1. The number of carbonyl (C=O) groups excluding carboxylic acids is 2. The number of aliphatic hydroxyl groups is 1. The van der Waals surface area contributed by atoms with E-state index in [1.54, 1.807) is 16.6 Å². The highest BCUT2D eigenvalue weighted by atomic mass is 19.1. The van der Waals surface area contributed by atoms with Crippen LogP contribution in [0.1, 0.15) is 55.5 Å². The van der Waals surface area contributed by atoms with Crippen molar-refractivity contribution in [1.29, 1.82) is 5.26 Å². The Bertz CT molecular complexity index is 1430. The smallest absolute Gasteiger partial charge is 0.255 e. The van der Waals surface area contributed by atoms with E-state index in [2.05, 4.69) is 32.1 Å². The second kappa shape index (κ2) is 10.6. The summed E-state index contributed by atoms with van der Waals surface area (Å²) in [4.78, 5) is 29.5. The van der Waals surface area contributed by atoms with Crippen molar-refractivity contribution in [2.75, 3.05) is 18.4 Å². The van der Waals surface area contributed by atoms with E-state index in [0.29, 0.717) is 35.1 Å². The fourth-order valence-electron chi connectivity index (χ4n) is 4.65. The summed E-state index contributed by atoms with van der Waals surface area (Å²) >= 11 is 0. The van der Waals surface area contributed by atoms with E-state index >= 15 is 0 Å². The highest BCUT2D eigenvalue weighted by molar-refractivity contribution is 6.00. The van der Waals surface area contributed by atoms with E-state index in [9.17, 15) is 19.1 Å². The number of carbonyl (C=O) groups is 2. The molecule has 0 radical (unpaired) electrons. The van der Waals surface area contributed by atoms with Gasteiger partial charge in [-0.15, -0.1) is 0 Å². The van der Waals surface area contributed by atoms with E-state index < -0.39 is 17.7 Å². The number of alkyl halides is 1. The van der Waals surface area contributed by atoms with Crippen LogP contribution in [0.3, 0.4) is 0 Å². The molecule has 4 N–H and O–H groups in total. The number of anilines is 1. The number of nitrogens with one attached hydrogen (secondary N) is 3. The molecule has 2 fully saturated rings. The minimum Gasteiger partial charge on any atom is -0.387 e. The molecule has 0 saturated heterocycles. The molecule has 3 aromatic rings. The van der Waals surface area contributed by atoms with Gasteiger partial charge in [-0.1, -0.05) is 0 Å². The molecule has 5 rings (SSSR count). The van der Waals surface area contributed by atoms with Crippen molar-refractivity contribution in [3.63, 3.8) is 0 Å². The Morgan fingerprint density at radius 2 is 2.00 bits per heavy atom. The molecule has 3 aromatic heterocycles. The molecular formula is C28H32FN7O3. The molecular weight excluding hydrogens is 501 g/mol. The zero-order valence-electron chi connectivity index (χ0n) is 21.9. The first-order valence-corrected chi connectivity index (χ1v) is 13.2. The third-order valence-corrected chi connectivity index (χ3v) is 7.36. The number of nitrogens with zero attached hydrogens (tertiary/aromatic N) is 4. The maximum atomic E-state index is 14.3. The Balaban J connectivity index is 1.34. The first kappa shape index (κ1) is 26.6. The van der Waals surface area contributed by atoms with Crippen LogP contribution in [0.4, 0.5) is 10.1 Å². The van der Waals surface area contributed by atoms with Crippen molar-refractivity contribution < 1.29 is 19.1 Å². The van der Waals surface area contributed by atoms with E-state index in [1.807, 2.05) is 12.1 Å². The Labute approximate surface area is 225 Å². The number of hydrogen-bond acceptors (Lipinski definition) is 7. The lowest BCUT2D eigenvalue weighted by molar-refractivity contribution is -0.122. The van der Waals surface area contributed by atoms with Crippen molar-refractivity contribution in [1.82, 2.24) is 25.2 Å². The van der Waals surface area contributed by atoms with Crippen LogP contribution in [-0.4, -0.2) is 62.4 Å². The molecule has 0 spiro atoms. The summed E-state index contributed by atoms with van der Waals surface area (Å²) in [6.45, 7) is 3.00. The van der Waals surface area contributed by atoms with Crippen LogP contribution in [0, 0.1) is 23.2 Å². The van der Waals surface area contributed by atoms with Gasteiger partial charge in [0.2, 0.25) is 5.91 Å². The molecule has 10 nitrogen and oxygen atoms in total. The van der Waals surface area contributed by atoms with Crippen LogP contribution in [0.5, 0.6) is 0 Å². The van der Waals surface area contributed by atoms with Gasteiger partial charge in [-0.25, -0.2) is 8.91 Å². The number of halogens is 1. The normalized spacial score (nSPS) is 19.6. The largest absolute Gasteiger partial charge is 0.387 e. The van der Waals surface area contributed by atoms with Crippen LogP contribution < -0.4 is 16.0 Å². The van der Waals surface area contributed by atoms with E-state index in [1.165, 1.54) is 26.2 Å². The maximum absolute atomic E-state index is 14.3. The average Bonchev–Trinajstić information content (AvgIpc) is 3.66. The third kappa shape index (κ3) is 6.01. The van der Waals surface area contributed by atoms with Gasteiger partial charge in [-0.3, -0.25) is 14.6 Å². The topological polar surface area (TPSA) is 144 Å². The quantitative estimate of drug-likeness (QED) is 0.314. The Morgan fingerprint density at radius 1 is 1.23 bits per heavy atom. The predicted molar refractivity (Wildman–Crippen MR) is 143 cm³/mol. The molecule has 0 aromatic carbocycles. The van der Waals surface area contributed by atoms with Gasteiger partial charge in [-0.2, -0.15) is 10.4 Å². The Morgan fingerprint density at radius 3 is 2.69 bits per heavy atom. The minimum absolute atomic E-state index is 0.0975. The average molecular weight is 534 g/mol. The lowest BCUT2D eigenvalue weighted by Gasteiger charge is -2.37. The van der Waals surface area contributed by atoms with Crippen LogP contribution in [0.15, 0.2) is 36.7 Å². The molecule has 11 heteroatoms. The van der Waals surface area contributed by atoms with Crippen LogP contribution in [0.25, 0.3) is 16.9 Å². The highest BCUT2D eigenvalue weighted by Crippen LogP contribution is 2.33. The Kier molecular flexibility index (Phi) is 7.23. The molecule has 39 heavy (non-hydrogen) atoms. The second-order valence-electron chi connectivity index (χ2n) is 11.1. The van der Waals surface area contributed by atoms with Gasteiger partial charge in [0.1, 0.15) is 12.2 Å². The van der Waals surface area contributed by atoms with Gasteiger partial charge < -0.3 is 21.1 Å². The zero-order chi connectivity index (χ0) is 27.7. The van der Waals surface area contributed by atoms with Crippen molar-refractivity contribution >= 4 is 23.0 Å². The number of rotatable bonds is 10. The van der Waals surface area contributed by atoms with Gasteiger partial charge in [-0.05, 0) is 69.7 Å². The molecule has 3 heterocycles. The summed E-state index contributed by atoms with van der Waals surface area (Å²) in [6.07, 6.45) is 4.90. The molecule has 2 aliphatic rings. The number of amides is 2. The monoisotopic (exact) mass is 533 g/mol. The van der Waals surface area contributed by atoms with Crippen LogP contribution in [-0.2, 0) is 4.79 Å². The summed E-state index contributed by atoms with van der Waals surface area (Å²) < 4.78 is 16.0. The second-order valence-corrected chi connectivity index (χ2v) is 11.1. The van der Waals surface area contributed by atoms with Gasteiger partial charge >= 0.3 is 0 Å². The lowest BCUT2D eigenvalue weighted by atomic mass is 9.80. The van der Waals surface area contributed by atoms with Gasteiger partial charge in [0.15, 0.2) is 0 Å². The van der Waals surface area contributed by atoms with Crippen molar-refractivity contribution in [2.45, 2.75) is 57.3 Å². The van der Waals surface area contributed by atoms with E-state index in [0.717, 1.165) is 31.2 Å². The van der Waals surface area contributed by atoms with Crippen molar-refractivity contribution in [3.05, 3.63) is 47.8 Å². The summed E-state index contributed by atoms with van der Waals surface area (Å²) in [7, 11) is 0. The summed E-state index contributed by atoms with van der Waals surface area (Å²) in [5.74, 6) is 0.168. The SMILES string of the molecule is CC(C)(O)[C@H](F)CNC(=O)c1cnc(-c2ccc3cc(C#N)cnn23)cc1NC1CC(CNC(=O)C2CC2)C1. The molecule has 2 saturated carbocycles.